The second kappa shape index (κ2) is 12.1. The molecular weight excluding hydrogens is 575 g/mol. The van der Waals surface area contributed by atoms with E-state index in [1.807, 2.05) is 19.0 Å². The van der Waals surface area contributed by atoms with Crippen molar-refractivity contribution in [2.75, 3.05) is 56.9 Å². The number of nitrogens with one attached hydrogen (secondary N) is 3. The fourth-order valence-corrected chi connectivity index (χ4v) is 5.19. The summed E-state index contributed by atoms with van der Waals surface area (Å²) in [5, 5.41) is 28.9. The number of nitrogens with zero attached hydrogens (tertiary/aromatic N) is 4. The molecule has 2 aromatic carbocycles. The van der Waals surface area contributed by atoms with E-state index in [9.17, 15) is 23.5 Å². The van der Waals surface area contributed by atoms with Crippen molar-refractivity contribution < 1.29 is 28.1 Å². The zero-order chi connectivity index (χ0) is 31.0. The first-order valence-electron chi connectivity index (χ1n) is 13.2. The van der Waals surface area contributed by atoms with Crippen molar-refractivity contribution in [3.63, 3.8) is 0 Å². The number of methoxy groups -OCH3 is 1. The van der Waals surface area contributed by atoms with Crippen LogP contribution in [0.1, 0.15) is 25.8 Å². The third-order valence-corrected chi connectivity index (χ3v) is 7.13. The van der Waals surface area contributed by atoms with Crippen molar-refractivity contribution >= 4 is 46.1 Å². The van der Waals surface area contributed by atoms with Gasteiger partial charge in [-0.3, -0.25) is 0 Å². The molecule has 0 saturated carbocycles. The highest BCUT2D eigenvalue weighted by Crippen LogP contribution is 2.42. The number of rotatable bonds is 10. The fourth-order valence-electron chi connectivity index (χ4n) is 5.02. The SMILES string of the molecule is COc1cc(N2CC(F)(F)C[C@@H]2CN(C)C)c([NH+](C)[O-])cc1Nc1nccc(Nc2cc(Cl)c(F)cc2C(C)(C)O)n1. The second-order valence-electron chi connectivity index (χ2n) is 11.1. The largest absolute Gasteiger partial charge is 0.629 e. The molecule has 14 heteroatoms. The van der Waals surface area contributed by atoms with E-state index in [-0.39, 0.29) is 33.7 Å². The molecular formula is C28H35ClF3N7O3. The third-order valence-electron chi connectivity index (χ3n) is 6.84. The Morgan fingerprint density at radius 3 is 2.57 bits per heavy atom. The summed E-state index contributed by atoms with van der Waals surface area (Å²) in [6.07, 6.45) is 1.14. The molecule has 3 aromatic rings. The smallest absolute Gasteiger partial charge is 0.267 e. The lowest BCUT2D eigenvalue weighted by Crippen LogP contribution is -2.98. The van der Waals surface area contributed by atoms with E-state index in [0.29, 0.717) is 35.2 Å². The summed E-state index contributed by atoms with van der Waals surface area (Å²) in [6.45, 7) is 2.90. The van der Waals surface area contributed by atoms with E-state index >= 15 is 0 Å². The Hall–Kier alpha value is -3.36. The van der Waals surface area contributed by atoms with E-state index in [0.717, 1.165) is 6.07 Å². The van der Waals surface area contributed by atoms with Crippen LogP contribution in [0.4, 0.5) is 47.7 Å². The van der Waals surface area contributed by atoms with E-state index in [1.54, 1.807) is 17.0 Å². The standard InChI is InChI=1S/C28H35ClF3N7O3/c1-27(2,40)17-9-19(30)18(29)10-20(17)34-25-7-8-33-26(36-25)35-21-11-22(38(5)41)23(12-24(21)42-6)39-15-28(31,32)13-16(39)14-37(3)4/h7-12,16,38,40H,13-15H2,1-6H3,(H2,33,34,35,36)/t16-/m1/s1. The van der Waals surface area contributed by atoms with Crippen LogP contribution in [0.2, 0.25) is 5.02 Å². The second-order valence-corrected chi connectivity index (χ2v) is 11.5. The Morgan fingerprint density at radius 1 is 1.24 bits per heavy atom. The lowest BCUT2D eigenvalue weighted by molar-refractivity contribution is -0.750. The highest BCUT2D eigenvalue weighted by atomic mass is 35.5. The number of aliphatic hydroxyl groups is 1. The van der Waals surface area contributed by atoms with Gasteiger partial charge in [-0.2, -0.15) is 4.98 Å². The van der Waals surface area contributed by atoms with Gasteiger partial charge in [0.15, 0.2) is 5.69 Å². The molecule has 0 spiro atoms. The van der Waals surface area contributed by atoms with Gasteiger partial charge in [-0.25, -0.2) is 18.2 Å². The molecule has 0 bridgehead atoms. The number of aromatic nitrogens is 2. The van der Waals surface area contributed by atoms with E-state index in [4.69, 9.17) is 16.3 Å². The quantitative estimate of drug-likeness (QED) is 0.248. The van der Waals surface area contributed by atoms with Crippen molar-refractivity contribution in [2.24, 2.45) is 0 Å². The molecule has 10 nitrogen and oxygen atoms in total. The van der Waals surface area contributed by atoms with Gasteiger partial charge in [-0.1, -0.05) is 11.6 Å². The minimum Gasteiger partial charge on any atom is -0.629 e. The summed E-state index contributed by atoms with van der Waals surface area (Å²) < 4.78 is 48.8. The molecule has 2 atom stereocenters. The number of alkyl halides is 2. The number of hydroxylamine groups is 1. The summed E-state index contributed by atoms with van der Waals surface area (Å²) in [4.78, 5) is 12.1. The Balaban J connectivity index is 1.68. The Morgan fingerprint density at radius 2 is 1.95 bits per heavy atom. The zero-order valence-corrected chi connectivity index (χ0v) is 25.0. The molecule has 1 aliphatic heterocycles. The van der Waals surface area contributed by atoms with Gasteiger partial charge < -0.3 is 40.5 Å². The van der Waals surface area contributed by atoms with Crippen LogP contribution in [0.5, 0.6) is 5.75 Å². The number of quaternary nitrogens is 1. The van der Waals surface area contributed by atoms with Crippen LogP contribution < -0.4 is 25.3 Å². The molecule has 1 aromatic heterocycles. The Bertz CT molecular complexity index is 1440. The first-order chi connectivity index (χ1) is 19.6. The summed E-state index contributed by atoms with van der Waals surface area (Å²) in [6, 6.07) is 6.68. The third kappa shape index (κ3) is 7.16. The summed E-state index contributed by atoms with van der Waals surface area (Å²) in [5.41, 5.74) is 0.170. The average molecular weight is 610 g/mol. The van der Waals surface area contributed by atoms with Crippen molar-refractivity contribution in [3.05, 3.63) is 58.1 Å². The molecule has 4 N–H and O–H groups in total. The van der Waals surface area contributed by atoms with Gasteiger partial charge in [-0.15, -0.1) is 0 Å². The molecule has 42 heavy (non-hydrogen) atoms. The van der Waals surface area contributed by atoms with Crippen LogP contribution in [-0.4, -0.2) is 73.3 Å². The first-order valence-corrected chi connectivity index (χ1v) is 13.6. The first kappa shape index (κ1) is 31.6. The van der Waals surface area contributed by atoms with Crippen LogP contribution in [0.15, 0.2) is 36.5 Å². The van der Waals surface area contributed by atoms with E-state index in [1.165, 1.54) is 46.3 Å². The number of anilines is 5. The summed E-state index contributed by atoms with van der Waals surface area (Å²) >= 11 is 5.99. The molecule has 1 unspecified atom stereocenters. The monoisotopic (exact) mass is 609 g/mol. The molecule has 4 rings (SSSR count). The minimum atomic E-state index is -2.90. The lowest BCUT2D eigenvalue weighted by Gasteiger charge is -2.32. The highest BCUT2D eigenvalue weighted by molar-refractivity contribution is 6.31. The number of benzene rings is 2. The number of ether oxygens (including phenoxy) is 1. The van der Waals surface area contributed by atoms with Crippen molar-refractivity contribution in [3.8, 4) is 5.75 Å². The molecule has 0 radical (unpaired) electrons. The summed E-state index contributed by atoms with van der Waals surface area (Å²) in [5.74, 6) is -2.86. The van der Waals surface area contributed by atoms with Gasteiger partial charge in [0.2, 0.25) is 5.95 Å². The molecule has 1 saturated heterocycles. The molecule has 1 fully saturated rings. The van der Waals surface area contributed by atoms with Crippen LogP contribution in [0.25, 0.3) is 0 Å². The van der Waals surface area contributed by atoms with Gasteiger partial charge >= 0.3 is 0 Å². The molecule has 0 amide bonds. The normalized spacial score (nSPS) is 17.5. The maximum absolute atomic E-state index is 14.5. The number of hydrogen-bond acceptors (Lipinski definition) is 9. The van der Waals surface area contributed by atoms with Crippen LogP contribution in [0.3, 0.4) is 0 Å². The zero-order valence-electron chi connectivity index (χ0n) is 24.2. The van der Waals surface area contributed by atoms with E-state index < -0.39 is 29.9 Å². The maximum atomic E-state index is 14.5. The lowest BCUT2D eigenvalue weighted by atomic mass is 9.96. The average Bonchev–Trinajstić information content (AvgIpc) is 3.18. The molecule has 228 valence electrons. The highest BCUT2D eigenvalue weighted by Gasteiger charge is 2.46. The van der Waals surface area contributed by atoms with Gasteiger partial charge in [0.25, 0.3) is 5.92 Å². The Kier molecular flexibility index (Phi) is 9.09. The van der Waals surface area contributed by atoms with Crippen molar-refractivity contribution in [1.29, 1.82) is 0 Å². The Labute approximate surface area is 247 Å². The molecule has 1 aliphatic rings. The number of hydrogen-bond donors (Lipinski definition) is 4. The van der Waals surface area contributed by atoms with Gasteiger partial charge in [0, 0.05) is 48.6 Å². The minimum absolute atomic E-state index is 0.122. The summed E-state index contributed by atoms with van der Waals surface area (Å²) in [7, 11) is 6.43. The number of halogens is 4. The van der Waals surface area contributed by atoms with Crippen molar-refractivity contribution in [2.45, 2.75) is 37.8 Å². The predicted molar refractivity (Wildman–Crippen MR) is 157 cm³/mol. The van der Waals surface area contributed by atoms with Crippen LogP contribution >= 0.6 is 11.6 Å². The fraction of sp³-hybridized carbons (Fsp3) is 0.429. The maximum Gasteiger partial charge on any atom is 0.267 e. The van der Waals surface area contributed by atoms with Gasteiger partial charge in [-0.05, 0) is 46.1 Å². The van der Waals surface area contributed by atoms with E-state index in [2.05, 4.69) is 20.6 Å². The molecule has 2 heterocycles. The van der Waals surface area contributed by atoms with Crippen LogP contribution in [-0.2, 0) is 5.60 Å². The predicted octanol–water partition coefficient (Wildman–Crippen LogP) is 4.41. The van der Waals surface area contributed by atoms with Gasteiger partial charge in [0.1, 0.15) is 23.1 Å². The van der Waals surface area contributed by atoms with Gasteiger partial charge in [0.05, 0.1) is 37.0 Å². The number of likely N-dealkylation sites (N-methyl/N-ethyl adjacent to an activating group) is 1. The van der Waals surface area contributed by atoms with Crippen molar-refractivity contribution in [1.82, 2.24) is 14.9 Å². The van der Waals surface area contributed by atoms with Crippen LogP contribution in [0, 0.1) is 11.0 Å². The molecule has 0 aliphatic carbocycles. The topological polar surface area (TPSA) is 113 Å².